The number of nitrogens with zero attached hydrogens (tertiary/aromatic N) is 2. The molecule has 0 fully saturated rings. The zero-order valence-electron chi connectivity index (χ0n) is 10.2. The Labute approximate surface area is 112 Å². The van der Waals surface area contributed by atoms with Crippen LogP contribution >= 0.6 is 15.9 Å². The Morgan fingerprint density at radius 1 is 1.44 bits per heavy atom. The van der Waals surface area contributed by atoms with Gasteiger partial charge in [0.15, 0.2) is 0 Å². The molecule has 0 saturated carbocycles. The van der Waals surface area contributed by atoms with Crippen molar-refractivity contribution in [1.29, 1.82) is 0 Å². The van der Waals surface area contributed by atoms with Crippen LogP contribution in [0.1, 0.15) is 20.8 Å². The molecule has 2 rings (SSSR count). The van der Waals surface area contributed by atoms with Gasteiger partial charge in [-0.2, -0.15) is 9.78 Å². The van der Waals surface area contributed by atoms with Crippen molar-refractivity contribution in [3.05, 3.63) is 28.6 Å². The minimum Gasteiger partial charge on any atom is -0.442 e. The minimum absolute atomic E-state index is 0.110. The third-order valence-electron chi connectivity index (χ3n) is 2.18. The van der Waals surface area contributed by atoms with E-state index in [-0.39, 0.29) is 5.52 Å². The summed E-state index contributed by atoms with van der Waals surface area (Å²) in [5, 5.41) is 4.48. The van der Waals surface area contributed by atoms with Crippen molar-refractivity contribution in [2.45, 2.75) is 26.4 Å². The van der Waals surface area contributed by atoms with Gasteiger partial charge in [0.05, 0.1) is 0 Å². The maximum absolute atomic E-state index is 13.8. The van der Waals surface area contributed by atoms with E-state index in [1.165, 1.54) is 6.07 Å². The van der Waals surface area contributed by atoms with E-state index in [9.17, 15) is 9.18 Å². The van der Waals surface area contributed by atoms with Crippen molar-refractivity contribution in [2.24, 2.45) is 0 Å². The lowest BCUT2D eigenvalue weighted by molar-refractivity contribution is 0.0521. The molecule has 18 heavy (non-hydrogen) atoms. The van der Waals surface area contributed by atoms with Gasteiger partial charge in [0.2, 0.25) is 0 Å². The molecule has 2 aromatic rings. The molecule has 0 aliphatic rings. The molecule has 0 radical (unpaired) electrons. The van der Waals surface area contributed by atoms with E-state index in [4.69, 9.17) is 4.74 Å². The summed E-state index contributed by atoms with van der Waals surface area (Å²) in [6.45, 7) is 5.21. The van der Waals surface area contributed by atoms with E-state index >= 15 is 0 Å². The second kappa shape index (κ2) is 4.35. The van der Waals surface area contributed by atoms with Crippen LogP contribution in [-0.2, 0) is 4.74 Å². The van der Waals surface area contributed by atoms with E-state index in [2.05, 4.69) is 21.0 Å². The van der Waals surface area contributed by atoms with Gasteiger partial charge < -0.3 is 4.74 Å². The van der Waals surface area contributed by atoms with Gasteiger partial charge in [-0.1, -0.05) is 6.07 Å². The molecule has 1 aromatic heterocycles. The summed E-state index contributed by atoms with van der Waals surface area (Å²) >= 11 is 3.19. The van der Waals surface area contributed by atoms with Gasteiger partial charge in [-0.3, -0.25) is 0 Å². The topological polar surface area (TPSA) is 44.1 Å². The number of fused-ring (bicyclic) bond motifs is 1. The fourth-order valence-electron chi connectivity index (χ4n) is 1.53. The van der Waals surface area contributed by atoms with Gasteiger partial charge >= 0.3 is 6.09 Å². The van der Waals surface area contributed by atoms with E-state index in [1.54, 1.807) is 32.9 Å². The lowest BCUT2D eigenvalue weighted by Gasteiger charge is -2.19. The highest BCUT2D eigenvalue weighted by molar-refractivity contribution is 9.10. The molecule has 4 nitrogen and oxygen atoms in total. The average Bonchev–Trinajstić information content (AvgIpc) is 2.56. The van der Waals surface area contributed by atoms with Crippen molar-refractivity contribution in [1.82, 2.24) is 9.78 Å². The van der Waals surface area contributed by atoms with Crippen molar-refractivity contribution in [3.63, 3.8) is 0 Å². The van der Waals surface area contributed by atoms with Crippen LogP contribution in [0.3, 0.4) is 0 Å². The maximum atomic E-state index is 13.8. The second-order valence-electron chi connectivity index (χ2n) is 4.82. The lowest BCUT2D eigenvalue weighted by Crippen LogP contribution is -2.27. The number of rotatable bonds is 0. The Balaban J connectivity index is 2.55. The molecule has 0 spiro atoms. The van der Waals surface area contributed by atoms with Gasteiger partial charge in [-0.15, -0.1) is 0 Å². The van der Waals surface area contributed by atoms with Crippen LogP contribution in [0.5, 0.6) is 0 Å². The molecule has 96 valence electrons. The van der Waals surface area contributed by atoms with E-state index in [0.29, 0.717) is 9.99 Å². The summed E-state index contributed by atoms with van der Waals surface area (Å²) in [5.41, 5.74) is -0.550. The highest BCUT2D eigenvalue weighted by atomic mass is 79.9. The quantitative estimate of drug-likeness (QED) is 0.744. The van der Waals surface area contributed by atoms with Crippen LogP contribution in [0.15, 0.2) is 22.8 Å². The molecular weight excluding hydrogens is 303 g/mol. The molecule has 0 bridgehead atoms. The van der Waals surface area contributed by atoms with Crippen LogP contribution in [0, 0.1) is 5.82 Å². The normalized spacial score (nSPS) is 11.8. The van der Waals surface area contributed by atoms with Gasteiger partial charge in [-0.05, 0) is 48.8 Å². The van der Waals surface area contributed by atoms with Gasteiger partial charge in [-0.25, -0.2) is 9.18 Å². The first kappa shape index (κ1) is 13.0. The standard InChI is InChI=1S/C12H12BrFN2O2/c1-12(2,3)18-11(17)16-9-7(10(13)15-16)5-4-6-8(9)14/h4-6H,1-3H3. The summed E-state index contributed by atoms with van der Waals surface area (Å²) < 4.78 is 20.3. The number of benzene rings is 1. The molecule has 0 atom stereocenters. The first-order valence-electron chi connectivity index (χ1n) is 5.36. The average molecular weight is 315 g/mol. The smallest absolute Gasteiger partial charge is 0.435 e. The van der Waals surface area contributed by atoms with Crippen molar-refractivity contribution in [3.8, 4) is 0 Å². The molecule has 0 aliphatic carbocycles. The van der Waals surface area contributed by atoms with Crippen LogP contribution in [0.4, 0.5) is 9.18 Å². The van der Waals surface area contributed by atoms with E-state index in [0.717, 1.165) is 4.68 Å². The zero-order valence-corrected chi connectivity index (χ0v) is 11.8. The second-order valence-corrected chi connectivity index (χ2v) is 5.57. The molecule has 1 aromatic carbocycles. The Bertz CT molecular complexity index is 616. The molecular formula is C12H12BrFN2O2. The molecule has 0 saturated heterocycles. The van der Waals surface area contributed by atoms with Gasteiger partial charge in [0, 0.05) is 5.39 Å². The Kier molecular flexibility index (Phi) is 3.14. The number of carbonyl (C=O) groups is 1. The fraction of sp³-hybridized carbons (Fsp3) is 0.333. The van der Waals surface area contributed by atoms with Crippen molar-refractivity contribution < 1.29 is 13.9 Å². The van der Waals surface area contributed by atoms with E-state index < -0.39 is 17.5 Å². The monoisotopic (exact) mass is 314 g/mol. The molecule has 0 amide bonds. The lowest BCUT2D eigenvalue weighted by atomic mass is 10.2. The summed E-state index contributed by atoms with van der Waals surface area (Å²) in [6.07, 6.45) is -0.705. The number of hydrogen-bond acceptors (Lipinski definition) is 3. The number of hydrogen-bond donors (Lipinski definition) is 0. The summed E-state index contributed by atoms with van der Waals surface area (Å²) in [4.78, 5) is 11.9. The SMILES string of the molecule is CC(C)(C)OC(=O)n1nc(Br)c2cccc(F)c21. The van der Waals surface area contributed by atoms with Crippen LogP contribution in [-0.4, -0.2) is 21.5 Å². The molecule has 1 heterocycles. The number of para-hydroxylation sites is 1. The molecule has 0 aliphatic heterocycles. The Morgan fingerprint density at radius 2 is 2.11 bits per heavy atom. The third-order valence-corrected chi connectivity index (χ3v) is 2.76. The number of carbonyl (C=O) groups excluding carboxylic acids is 1. The minimum atomic E-state index is -0.705. The highest BCUT2D eigenvalue weighted by Gasteiger charge is 2.23. The molecule has 0 N–H and O–H groups in total. The molecule has 6 heteroatoms. The Morgan fingerprint density at radius 3 is 2.72 bits per heavy atom. The third kappa shape index (κ3) is 2.38. The number of halogens is 2. The van der Waals surface area contributed by atoms with Gasteiger partial charge in [0.25, 0.3) is 0 Å². The van der Waals surface area contributed by atoms with Crippen LogP contribution in [0.2, 0.25) is 0 Å². The summed E-state index contributed by atoms with van der Waals surface area (Å²) in [7, 11) is 0. The summed E-state index contributed by atoms with van der Waals surface area (Å²) in [6, 6.07) is 4.51. The number of ether oxygens (including phenoxy) is 1. The fourth-order valence-corrected chi connectivity index (χ4v) is 2.00. The first-order valence-corrected chi connectivity index (χ1v) is 6.15. The van der Waals surface area contributed by atoms with E-state index in [1.807, 2.05) is 0 Å². The molecule has 0 unspecified atom stereocenters. The largest absolute Gasteiger partial charge is 0.442 e. The van der Waals surface area contributed by atoms with Crippen LogP contribution < -0.4 is 0 Å². The maximum Gasteiger partial charge on any atom is 0.435 e. The zero-order chi connectivity index (χ0) is 13.5. The predicted octanol–water partition coefficient (Wildman–Crippen LogP) is 3.72. The van der Waals surface area contributed by atoms with Gasteiger partial charge in [0.1, 0.15) is 21.5 Å². The number of aromatic nitrogens is 2. The van der Waals surface area contributed by atoms with Crippen LogP contribution in [0.25, 0.3) is 10.9 Å². The first-order chi connectivity index (χ1) is 8.29. The summed E-state index contributed by atoms with van der Waals surface area (Å²) in [5.74, 6) is -0.517. The van der Waals surface area contributed by atoms with Crippen molar-refractivity contribution in [2.75, 3.05) is 0 Å². The highest BCUT2D eigenvalue weighted by Crippen LogP contribution is 2.26. The predicted molar refractivity (Wildman–Crippen MR) is 69.0 cm³/mol. The Hall–Kier alpha value is -1.43. The van der Waals surface area contributed by atoms with Crippen molar-refractivity contribution >= 4 is 32.9 Å².